The standard InChI is InChI=1S/C20H24N6/c1-15-12-18(24-20(21)23-15)25-10-5-8-17(14-25)19-22-9-11-26(19)13-16-6-3-2-4-7-16/h2-4,6-7,9,11-12,17H,5,8,10,13-14H2,1H3,(H2,21,23,24)/t17-/m0/s1. The first-order chi connectivity index (χ1) is 12.7. The second-order valence-corrected chi connectivity index (χ2v) is 6.91. The number of nitrogens with two attached hydrogens (primary N) is 1. The van der Waals surface area contributed by atoms with Crippen LogP contribution in [0.2, 0.25) is 0 Å². The molecular weight excluding hydrogens is 324 g/mol. The Kier molecular flexibility index (Phi) is 4.56. The van der Waals surface area contributed by atoms with Crippen molar-refractivity contribution in [3.8, 4) is 0 Å². The third kappa shape index (κ3) is 3.54. The molecule has 1 saturated heterocycles. The van der Waals surface area contributed by atoms with Crippen LogP contribution in [0.1, 0.15) is 35.8 Å². The molecule has 0 spiro atoms. The molecule has 26 heavy (non-hydrogen) atoms. The molecule has 134 valence electrons. The molecule has 0 amide bonds. The lowest BCUT2D eigenvalue weighted by molar-refractivity contribution is 0.474. The first kappa shape index (κ1) is 16.6. The summed E-state index contributed by atoms with van der Waals surface area (Å²) in [4.78, 5) is 15.6. The van der Waals surface area contributed by atoms with Crippen molar-refractivity contribution in [2.24, 2.45) is 0 Å². The highest BCUT2D eigenvalue weighted by Crippen LogP contribution is 2.29. The number of rotatable bonds is 4. The Morgan fingerprint density at radius 2 is 2.04 bits per heavy atom. The minimum absolute atomic E-state index is 0.340. The van der Waals surface area contributed by atoms with E-state index in [-0.39, 0.29) is 0 Å². The summed E-state index contributed by atoms with van der Waals surface area (Å²) in [5.74, 6) is 2.80. The van der Waals surface area contributed by atoms with Gasteiger partial charge in [0.2, 0.25) is 5.95 Å². The molecule has 6 nitrogen and oxygen atoms in total. The topological polar surface area (TPSA) is 72.9 Å². The van der Waals surface area contributed by atoms with Gasteiger partial charge >= 0.3 is 0 Å². The van der Waals surface area contributed by atoms with Crippen molar-refractivity contribution in [1.29, 1.82) is 0 Å². The maximum Gasteiger partial charge on any atom is 0.222 e. The summed E-state index contributed by atoms with van der Waals surface area (Å²) in [5.41, 5.74) is 8.03. The Balaban J connectivity index is 1.54. The Morgan fingerprint density at radius 3 is 2.85 bits per heavy atom. The van der Waals surface area contributed by atoms with Crippen molar-refractivity contribution in [2.45, 2.75) is 32.2 Å². The van der Waals surface area contributed by atoms with E-state index in [1.54, 1.807) is 0 Å². The Hall–Kier alpha value is -2.89. The highest BCUT2D eigenvalue weighted by molar-refractivity contribution is 5.44. The monoisotopic (exact) mass is 348 g/mol. The molecule has 0 aliphatic carbocycles. The number of aromatic nitrogens is 4. The van der Waals surface area contributed by atoms with E-state index in [4.69, 9.17) is 5.73 Å². The number of benzene rings is 1. The van der Waals surface area contributed by atoms with E-state index < -0.39 is 0 Å². The molecule has 3 heterocycles. The van der Waals surface area contributed by atoms with Crippen LogP contribution >= 0.6 is 0 Å². The van der Waals surface area contributed by atoms with Crippen molar-refractivity contribution in [2.75, 3.05) is 23.7 Å². The summed E-state index contributed by atoms with van der Waals surface area (Å²) >= 11 is 0. The average molecular weight is 348 g/mol. The fourth-order valence-electron chi connectivity index (χ4n) is 3.73. The molecule has 0 saturated carbocycles. The van der Waals surface area contributed by atoms with Gasteiger partial charge < -0.3 is 15.2 Å². The Bertz CT molecular complexity index is 853. The van der Waals surface area contributed by atoms with Gasteiger partial charge in [0.25, 0.3) is 0 Å². The SMILES string of the molecule is Cc1cc(N2CCC[C@H](c3nccn3Cc3ccccc3)C2)nc(N)n1. The summed E-state index contributed by atoms with van der Waals surface area (Å²) in [6, 6.07) is 12.5. The minimum atomic E-state index is 0.340. The number of imidazole rings is 1. The largest absolute Gasteiger partial charge is 0.368 e. The molecule has 0 radical (unpaired) electrons. The number of nitrogens with zero attached hydrogens (tertiary/aromatic N) is 5. The summed E-state index contributed by atoms with van der Waals surface area (Å²) < 4.78 is 2.27. The Morgan fingerprint density at radius 1 is 1.19 bits per heavy atom. The number of anilines is 2. The van der Waals surface area contributed by atoms with Crippen molar-refractivity contribution < 1.29 is 0 Å². The fourth-order valence-corrected chi connectivity index (χ4v) is 3.73. The lowest BCUT2D eigenvalue weighted by atomic mass is 9.97. The van der Waals surface area contributed by atoms with Crippen molar-refractivity contribution >= 4 is 11.8 Å². The Labute approximate surface area is 153 Å². The predicted molar refractivity (Wildman–Crippen MR) is 103 cm³/mol. The summed E-state index contributed by atoms with van der Waals surface area (Å²) in [7, 11) is 0. The molecular formula is C20H24N6. The molecule has 1 aliphatic rings. The van der Waals surface area contributed by atoms with Crippen LogP contribution in [-0.2, 0) is 6.54 Å². The molecule has 1 aromatic carbocycles. The molecule has 0 unspecified atom stereocenters. The molecule has 3 aromatic rings. The van der Waals surface area contributed by atoms with Gasteiger partial charge in [-0.05, 0) is 25.3 Å². The predicted octanol–water partition coefficient (Wildman–Crippen LogP) is 3.00. The highest BCUT2D eigenvalue weighted by Gasteiger charge is 2.26. The molecule has 2 aromatic heterocycles. The van der Waals surface area contributed by atoms with Crippen LogP contribution in [0.15, 0.2) is 48.8 Å². The van der Waals surface area contributed by atoms with Crippen molar-refractivity contribution in [3.63, 3.8) is 0 Å². The van der Waals surface area contributed by atoms with Crippen LogP contribution in [0.3, 0.4) is 0 Å². The van der Waals surface area contributed by atoms with Gasteiger partial charge in [-0.1, -0.05) is 30.3 Å². The molecule has 0 bridgehead atoms. The van der Waals surface area contributed by atoms with E-state index in [2.05, 4.69) is 54.9 Å². The third-order valence-corrected chi connectivity index (χ3v) is 4.91. The van der Waals surface area contributed by atoms with Crippen molar-refractivity contribution in [1.82, 2.24) is 19.5 Å². The number of aryl methyl sites for hydroxylation is 1. The summed E-state index contributed by atoms with van der Waals surface area (Å²) in [6.07, 6.45) is 6.24. The smallest absolute Gasteiger partial charge is 0.222 e. The normalized spacial score (nSPS) is 17.4. The first-order valence-corrected chi connectivity index (χ1v) is 9.10. The van der Waals surface area contributed by atoms with Crippen LogP contribution < -0.4 is 10.6 Å². The summed E-state index contributed by atoms with van der Waals surface area (Å²) in [5, 5.41) is 0. The molecule has 2 N–H and O–H groups in total. The maximum absolute atomic E-state index is 5.84. The zero-order valence-electron chi connectivity index (χ0n) is 15.0. The summed E-state index contributed by atoms with van der Waals surface area (Å²) in [6.45, 7) is 4.70. The van der Waals surface area contributed by atoms with Gasteiger partial charge in [-0.3, -0.25) is 0 Å². The third-order valence-electron chi connectivity index (χ3n) is 4.91. The van der Waals surface area contributed by atoms with Crippen LogP contribution in [0.4, 0.5) is 11.8 Å². The first-order valence-electron chi connectivity index (χ1n) is 9.10. The number of nitrogen functional groups attached to an aromatic ring is 1. The zero-order valence-corrected chi connectivity index (χ0v) is 15.0. The zero-order chi connectivity index (χ0) is 17.9. The molecule has 1 atom stereocenters. The van der Waals surface area contributed by atoms with Crippen LogP contribution in [0.25, 0.3) is 0 Å². The lowest BCUT2D eigenvalue weighted by Crippen LogP contribution is -2.36. The molecule has 1 aliphatic heterocycles. The van der Waals surface area contributed by atoms with Gasteiger partial charge in [-0.15, -0.1) is 0 Å². The quantitative estimate of drug-likeness (QED) is 0.785. The fraction of sp³-hybridized carbons (Fsp3) is 0.350. The van der Waals surface area contributed by atoms with Gasteiger partial charge in [0.1, 0.15) is 11.6 Å². The van der Waals surface area contributed by atoms with Crippen molar-refractivity contribution in [3.05, 3.63) is 65.9 Å². The minimum Gasteiger partial charge on any atom is -0.368 e. The second-order valence-electron chi connectivity index (χ2n) is 6.91. The lowest BCUT2D eigenvalue weighted by Gasteiger charge is -2.33. The molecule has 4 rings (SSSR count). The van der Waals surface area contributed by atoms with Crippen LogP contribution in [-0.4, -0.2) is 32.6 Å². The van der Waals surface area contributed by atoms with E-state index >= 15 is 0 Å². The van der Waals surface area contributed by atoms with Gasteiger partial charge in [-0.25, -0.2) is 9.97 Å². The van der Waals surface area contributed by atoms with E-state index in [0.717, 1.165) is 49.8 Å². The second kappa shape index (κ2) is 7.15. The van der Waals surface area contributed by atoms with E-state index in [0.29, 0.717) is 11.9 Å². The van der Waals surface area contributed by atoms with Crippen LogP contribution in [0, 0.1) is 6.92 Å². The van der Waals surface area contributed by atoms with E-state index in [1.807, 2.05) is 25.3 Å². The number of hydrogen-bond donors (Lipinski definition) is 1. The maximum atomic E-state index is 5.84. The molecule has 1 fully saturated rings. The molecule has 6 heteroatoms. The van der Waals surface area contributed by atoms with Gasteiger partial charge in [0, 0.05) is 49.7 Å². The number of hydrogen-bond acceptors (Lipinski definition) is 5. The van der Waals surface area contributed by atoms with E-state index in [1.165, 1.54) is 5.56 Å². The highest BCUT2D eigenvalue weighted by atomic mass is 15.2. The number of piperidine rings is 1. The van der Waals surface area contributed by atoms with Gasteiger partial charge in [0.05, 0.1) is 0 Å². The van der Waals surface area contributed by atoms with Gasteiger partial charge in [0.15, 0.2) is 0 Å². The average Bonchev–Trinajstić information content (AvgIpc) is 3.10. The van der Waals surface area contributed by atoms with E-state index in [9.17, 15) is 0 Å². The van der Waals surface area contributed by atoms with Crippen LogP contribution in [0.5, 0.6) is 0 Å². The van der Waals surface area contributed by atoms with Gasteiger partial charge in [-0.2, -0.15) is 4.98 Å².